The summed E-state index contributed by atoms with van der Waals surface area (Å²) in [7, 11) is 5.27. The molecule has 0 spiro atoms. The first-order valence-electron chi connectivity index (χ1n) is 16.3. The van der Waals surface area contributed by atoms with Gasteiger partial charge < -0.3 is 29.3 Å². The number of hydrogen-bond acceptors (Lipinski definition) is 10. The third kappa shape index (κ3) is 8.59. The summed E-state index contributed by atoms with van der Waals surface area (Å²) in [6.45, 7) is 0.357. The molecule has 6 rings (SSSR count). The summed E-state index contributed by atoms with van der Waals surface area (Å²) in [5, 5.41) is 4.24. The van der Waals surface area contributed by atoms with Gasteiger partial charge in [-0.15, -0.1) is 11.3 Å². The summed E-state index contributed by atoms with van der Waals surface area (Å²) in [6.07, 6.45) is 6.70. The van der Waals surface area contributed by atoms with E-state index < -0.39 is 18.1 Å². The van der Waals surface area contributed by atoms with E-state index in [1.165, 1.54) is 11.3 Å². The van der Waals surface area contributed by atoms with Crippen LogP contribution in [0.25, 0.3) is 0 Å². The van der Waals surface area contributed by atoms with Crippen LogP contribution < -0.4 is 19.8 Å². The van der Waals surface area contributed by atoms with Gasteiger partial charge in [0.2, 0.25) is 0 Å². The van der Waals surface area contributed by atoms with Crippen molar-refractivity contribution >= 4 is 46.5 Å². The fraction of sp³-hybridized carbons (Fsp3) is 0.378. The van der Waals surface area contributed by atoms with E-state index in [0.29, 0.717) is 56.2 Å². The number of esters is 2. The van der Waals surface area contributed by atoms with E-state index in [1.54, 1.807) is 44.8 Å². The first kappa shape index (κ1) is 37.5. The lowest BCUT2D eigenvalue weighted by Crippen LogP contribution is -2.44. The Hall–Kier alpha value is -3.71. The number of rotatable bonds is 13. The van der Waals surface area contributed by atoms with E-state index in [4.69, 9.17) is 42.1 Å². The number of methoxy groups -OCH3 is 2. The van der Waals surface area contributed by atoms with Crippen molar-refractivity contribution in [2.75, 3.05) is 21.3 Å². The predicted octanol–water partition coefficient (Wildman–Crippen LogP) is 6.85. The maximum atomic E-state index is 13.6. The number of nitrogens with one attached hydrogen (secondary N) is 2. The largest absolute Gasteiger partial charge is 0.870 e. The first-order valence-corrected chi connectivity index (χ1v) is 17.9. The second kappa shape index (κ2) is 17.0. The van der Waals surface area contributed by atoms with Gasteiger partial charge in [0.1, 0.15) is 33.2 Å². The molecule has 13 heteroatoms. The summed E-state index contributed by atoms with van der Waals surface area (Å²) in [5.41, 5.74) is 2.15. The number of halogens is 2. The number of fused-ring (bicyclic) bond motifs is 2. The Morgan fingerprint density at radius 3 is 2.28 bits per heavy atom. The van der Waals surface area contributed by atoms with E-state index in [1.807, 2.05) is 42.5 Å². The zero-order valence-electron chi connectivity index (χ0n) is 28.1. The number of pyridine rings is 1. The van der Waals surface area contributed by atoms with E-state index in [9.17, 15) is 9.59 Å². The minimum absolute atomic E-state index is 0. The Labute approximate surface area is 305 Å². The third-order valence-electron chi connectivity index (χ3n) is 9.46. The van der Waals surface area contributed by atoms with Crippen molar-refractivity contribution in [3.8, 4) is 11.5 Å². The molecule has 2 aliphatic heterocycles. The number of carbonyl (C=O) groups excluding carboxylic acids is 2. The molecule has 50 heavy (non-hydrogen) atoms. The summed E-state index contributed by atoms with van der Waals surface area (Å²) in [4.78, 5) is 33.8. The van der Waals surface area contributed by atoms with Crippen LogP contribution in [0.1, 0.15) is 69.1 Å². The molecule has 2 bridgehead atoms. The molecular formula is C37H41Cl2N3O7S. The average Bonchev–Trinajstić information content (AvgIpc) is 3.65. The molecule has 2 aromatic heterocycles. The van der Waals surface area contributed by atoms with Crippen molar-refractivity contribution in [1.82, 2.24) is 10.2 Å². The molecule has 4 heterocycles. The van der Waals surface area contributed by atoms with Crippen LogP contribution >= 0.6 is 34.5 Å². The molecule has 0 radical (unpaired) electrons. The number of aromatic amines is 1. The van der Waals surface area contributed by atoms with Gasteiger partial charge in [0.15, 0.2) is 23.9 Å². The van der Waals surface area contributed by atoms with Crippen molar-refractivity contribution in [2.24, 2.45) is 0 Å². The number of thiophene rings is 1. The Balaban J connectivity index is 0.00000486. The molecule has 4 atom stereocenters. The molecule has 0 amide bonds. The van der Waals surface area contributed by atoms with E-state index in [-0.39, 0.29) is 24.0 Å². The van der Waals surface area contributed by atoms with Crippen LogP contribution in [-0.4, -0.2) is 61.8 Å². The molecule has 10 nitrogen and oxygen atoms in total. The van der Waals surface area contributed by atoms with Gasteiger partial charge in [0, 0.05) is 35.5 Å². The molecule has 3 N–H and O–H groups in total. The fourth-order valence-corrected chi connectivity index (χ4v) is 8.16. The van der Waals surface area contributed by atoms with Gasteiger partial charge in [-0.1, -0.05) is 59.6 Å². The lowest BCUT2D eigenvalue weighted by molar-refractivity contribution is -0.377. The molecule has 3 unspecified atom stereocenters. The Kier molecular flexibility index (Phi) is 12.8. The highest BCUT2D eigenvalue weighted by Gasteiger charge is 2.40. The van der Waals surface area contributed by atoms with Gasteiger partial charge in [-0.3, -0.25) is 5.32 Å². The van der Waals surface area contributed by atoms with Gasteiger partial charge in [0.25, 0.3) is 0 Å². The topological polar surface area (TPSA) is 130 Å². The standard InChI is InChI=1S/C37H39Cl2N3O6S.H2O/c1-42-24-10-11-25(42)17-26(16-24)47-37(44)35(22-7-5-4-6-8-22)41-19-27-12-14-34(49-27)36(43)48-32(18-28-29(38)20-40-21-30(28)39)23-9-13-31(45-2)33(15-23)46-3;/h4-9,12-15,20-21,24-26,32,35,41H,10-11,16-19H2,1-3H3;1H2/t24?,25?,26?,32-,35?;/m0./s1. The molecule has 2 fully saturated rings. The molecule has 266 valence electrons. The lowest BCUT2D eigenvalue weighted by atomic mass is 10.00. The van der Waals surface area contributed by atoms with Crippen LogP contribution in [-0.2, 0) is 27.2 Å². The van der Waals surface area contributed by atoms with Crippen molar-refractivity contribution < 1.29 is 39.0 Å². The highest BCUT2D eigenvalue weighted by atomic mass is 35.5. The quantitative estimate of drug-likeness (QED) is 0.146. The van der Waals surface area contributed by atoms with Crippen molar-refractivity contribution in [3.05, 3.63) is 110 Å². The number of hydrogen-bond donors (Lipinski definition) is 1. The van der Waals surface area contributed by atoms with Crippen LogP contribution in [0.5, 0.6) is 11.5 Å². The Bertz CT molecular complexity index is 1740. The number of ether oxygens (including phenoxy) is 4. The monoisotopic (exact) mass is 741 g/mol. The molecular weight excluding hydrogens is 701 g/mol. The summed E-state index contributed by atoms with van der Waals surface area (Å²) in [6, 6.07) is 18.8. The number of benzene rings is 2. The van der Waals surface area contributed by atoms with Crippen LogP contribution in [0.2, 0.25) is 10.0 Å². The number of carbonyl (C=O) groups is 2. The first-order chi connectivity index (χ1) is 23.7. The summed E-state index contributed by atoms with van der Waals surface area (Å²) < 4.78 is 23.1. The summed E-state index contributed by atoms with van der Waals surface area (Å²) >= 11 is 14.3. The normalized spacial score (nSPS) is 19.6. The van der Waals surface area contributed by atoms with E-state index >= 15 is 0 Å². The average molecular weight is 743 g/mol. The Morgan fingerprint density at radius 1 is 0.940 bits per heavy atom. The molecule has 0 aliphatic carbocycles. The van der Waals surface area contributed by atoms with Crippen molar-refractivity contribution in [1.29, 1.82) is 0 Å². The summed E-state index contributed by atoms with van der Waals surface area (Å²) in [5.74, 6) is 0.263. The maximum Gasteiger partial charge on any atom is 0.348 e. The number of nitrogens with zero attached hydrogens (tertiary/aromatic N) is 1. The predicted molar refractivity (Wildman–Crippen MR) is 190 cm³/mol. The molecule has 2 aromatic carbocycles. The van der Waals surface area contributed by atoms with E-state index in [0.717, 1.165) is 36.1 Å². The number of H-pyrrole nitrogens is 1. The molecule has 4 aromatic rings. The smallest absolute Gasteiger partial charge is 0.348 e. The lowest BCUT2D eigenvalue weighted by Gasteiger charge is -2.36. The third-order valence-corrected chi connectivity index (χ3v) is 11.2. The maximum absolute atomic E-state index is 13.6. The minimum atomic E-state index is -0.736. The zero-order valence-corrected chi connectivity index (χ0v) is 30.4. The SMILES string of the molecule is COc1ccc([C@H](Cc2c(Cl)c[nH+]cc2Cl)OC(=O)c2ccc(CNC(C(=O)OC3CC4CCC(C3)N4C)c3ccccc3)s2)cc1OC.[OH-]. The van der Waals surface area contributed by atoms with Gasteiger partial charge >= 0.3 is 11.9 Å². The Morgan fingerprint density at radius 2 is 1.62 bits per heavy atom. The van der Waals surface area contributed by atoms with Gasteiger partial charge in [-0.2, -0.15) is 0 Å². The van der Waals surface area contributed by atoms with Gasteiger partial charge in [-0.05, 0) is 68.1 Å². The highest BCUT2D eigenvalue weighted by Crippen LogP contribution is 2.37. The van der Waals surface area contributed by atoms with E-state index in [2.05, 4.69) is 22.2 Å². The van der Waals surface area contributed by atoms with Crippen molar-refractivity contribution in [3.63, 3.8) is 0 Å². The van der Waals surface area contributed by atoms with Crippen LogP contribution in [0.15, 0.2) is 73.1 Å². The van der Waals surface area contributed by atoms with Crippen molar-refractivity contribution in [2.45, 2.75) is 69.0 Å². The molecule has 2 aliphatic rings. The van der Waals surface area contributed by atoms with Gasteiger partial charge in [0.05, 0.1) is 14.2 Å². The second-order valence-electron chi connectivity index (χ2n) is 12.4. The molecule has 0 saturated carbocycles. The van der Waals surface area contributed by atoms with Gasteiger partial charge in [-0.25, -0.2) is 14.6 Å². The number of aromatic nitrogens is 1. The molecule has 2 saturated heterocycles. The van der Waals surface area contributed by atoms with Crippen LogP contribution in [0.3, 0.4) is 0 Å². The highest BCUT2D eigenvalue weighted by molar-refractivity contribution is 7.13. The second-order valence-corrected chi connectivity index (χ2v) is 14.4. The van der Waals surface area contributed by atoms with Crippen LogP contribution in [0, 0.1) is 0 Å². The number of piperidine rings is 1. The fourth-order valence-electron chi connectivity index (χ4n) is 6.78. The zero-order chi connectivity index (χ0) is 34.5. The van der Waals surface area contributed by atoms with Crippen LogP contribution in [0.4, 0.5) is 0 Å². The minimum Gasteiger partial charge on any atom is -0.870 e.